The molecule has 2 heteroatoms. The van der Waals surface area contributed by atoms with Gasteiger partial charge >= 0.3 is 0 Å². The van der Waals surface area contributed by atoms with E-state index in [9.17, 15) is 0 Å². The Balaban J connectivity index is 1.73. The molecule has 0 saturated carbocycles. The minimum atomic E-state index is 0.704. The molecule has 0 unspecified atom stereocenters. The molecule has 1 rings (SSSR count). The molecular formula is C27H44O2. The fraction of sp³-hybridized carbons (Fsp3) is 0.704. The Morgan fingerprint density at radius 2 is 1.10 bits per heavy atom. The summed E-state index contributed by atoms with van der Waals surface area (Å²) >= 11 is 0. The summed E-state index contributed by atoms with van der Waals surface area (Å²) in [5.74, 6) is 3.62. The van der Waals surface area contributed by atoms with E-state index < -0.39 is 0 Å². The Bertz CT molecular complexity index is 500. The van der Waals surface area contributed by atoms with Crippen LogP contribution in [0, 0.1) is 12.3 Å². The van der Waals surface area contributed by atoms with Gasteiger partial charge in [-0.05, 0) is 30.5 Å². The maximum Gasteiger partial charge on any atom is 0.118 e. The van der Waals surface area contributed by atoms with Crippen LogP contribution < -0.4 is 4.74 Å². The summed E-state index contributed by atoms with van der Waals surface area (Å²) in [5, 5.41) is 0. The molecule has 29 heavy (non-hydrogen) atoms. The van der Waals surface area contributed by atoms with E-state index in [2.05, 4.69) is 18.1 Å². The summed E-state index contributed by atoms with van der Waals surface area (Å²) in [6.45, 7) is 1.58. The van der Waals surface area contributed by atoms with Crippen molar-refractivity contribution < 1.29 is 9.47 Å². The second-order valence-corrected chi connectivity index (χ2v) is 8.16. The SMILES string of the molecule is C#CCCCCCCCCCCCCCCCCCOCc1ccc(OC)cc1. The van der Waals surface area contributed by atoms with E-state index in [1.165, 1.54) is 102 Å². The molecule has 0 N–H and O–H groups in total. The maximum absolute atomic E-state index is 5.77. The lowest BCUT2D eigenvalue weighted by Gasteiger charge is -2.06. The highest BCUT2D eigenvalue weighted by Gasteiger charge is 1.97. The second-order valence-electron chi connectivity index (χ2n) is 8.16. The van der Waals surface area contributed by atoms with Crippen LogP contribution in [0.3, 0.4) is 0 Å². The number of rotatable bonds is 20. The molecule has 1 aromatic rings. The largest absolute Gasteiger partial charge is 0.497 e. The molecule has 2 nitrogen and oxygen atoms in total. The van der Waals surface area contributed by atoms with Crippen molar-refractivity contribution in [2.45, 2.75) is 109 Å². The summed E-state index contributed by atoms with van der Waals surface area (Å²) in [7, 11) is 1.69. The van der Waals surface area contributed by atoms with Gasteiger partial charge in [0.25, 0.3) is 0 Å². The Morgan fingerprint density at radius 1 is 0.655 bits per heavy atom. The molecule has 0 atom stereocenters. The molecule has 0 aliphatic carbocycles. The molecule has 0 aliphatic heterocycles. The van der Waals surface area contributed by atoms with Crippen molar-refractivity contribution in [1.82, 2.24) is 0 Å². The number of unbranched alkanes of at least 4 members (excludes halogenated alkanes) is 15. The molecular weight excluding hydrogens is 356 g/mol. The zero-order chi connectivity index (χ0) is 20.8. The molecule has 0 aromatic heterocycles. The van der Waals surface area contributed by atoms with Crippen molar-refractivity contribution >= 4 is 0 Å². The van der Waals surface area contributed by atoms with E-state index in [4.69, 9.17) is 15.9 Å². The van der Waals surface area contributed by atoms with Crippen molar-refractivity contribution in [3.05, 3.63) is 29.8 Å². The van der Waals surface area contributed by atoms with Crippen molar-refractivity contribution in [2.75, 3.05) is 13.7 Å². The van der Waals surface area contributed by atoms with Gasteiger partial charge in [-0.1, -0.05) is 95.6 Å². The Hall–Kier alpha value is -1.46. The van der Waals surface area contributed by atoms with Crippen LogP contribution in [0.1, 0.15) is 108 Å². The van der Waals surface area contributed by atoms with Gasteiger partial charge in [-0.2, -0.15) is 0 Å². The topological polar surface area (TPSA) is 18.5 Å². The highest BCUT2D eigenvalue weighted by Crippen LogP contribution is 2.14. The van der Waals surface area contributed by atoms with Crippen LogP contribution in [0.5, 0.6) is 5.75 Å². The Kier molecular flexibility index (Phi) is 17.5. The molecule has 164 valence electrons. The van der Waals surface area contributed by atoms with E-state index >= 15 is 0 Å². The third-order valence-corrected chi connectivity index (χ3v) is 5.54. The zero-order valence-corrected chi connectivity index (χ0v) is 18.9. The number of ether oxygens (including phenoxy) is 2. The number of benzene rings is 1. The molecule has 0 bridgehead atoms. The van der Waals surface area contributed by atoms with Gasteiger partial charge in [0.1, 0.15) is 5.75 Å². The summed E-state index contributed by atoms with van der Waals surface area (Å²) in [6, 6.07) is 8.12. The quantitative estimate of drug-likeness (QED) is 0.163. The van der Waals surface area contributed by atoms with Crippen LogP contribution in [-0.2, 0) is 11.3 Å². The standard InChI is InChI=1S/C27H44O2/c1-3-4-5-6-7-8-9-10-11-12-13-14-15-16-17-18-19-24-29-25-26-20-22-27(28-2)23-21-26/h1,20-23H,4-19,24-25H2,2H3. The number of terminal acetylenes is 1. The van der Waals surface area contributed by atoms with Crippen LogP contribution in [0.15, 0.2) is 24.3 Å². The monoisotopic (exact) mass is 400 g/mol. The van der Waals surface area contributed by atoms with E-state index in [0.29, 0.717) is 6.61 Å². The molecule has 0 aliphatic rings. The number of methoxy groups -OCH3 is 1. The van der Waals surface area contributed by atoms with Gasteiger partial charge in [-0.15, -0.1) is 12.3 Å². The smallest absolute Gasteiger partial charge is 0.118 e. The molecule has 0 radical (unpaired) electrons. The Morgan fingerprint density at radius 3 is 1.55 bits per heavy atom. The molecule has 0 saturated heterocycles. The molecule has 0 heterocycles. The van der Waals surface area contributed by atoms with Gasteiger partial charge in [0.15, 0.2) is 0 Å². The number of hydrogen-bond acceptors (Lipinski definition) is 2. The zero-order valence-electron chi connectivity index (χ0n) is 18.9. The molecule has 1 aromatic carbocycles. The second kappa shape index (κ2) is 19.8. The fourth-order valence-corrected chi connectivity index (χ4v) is 3.64. The molecule has 0 spiro atoms. The highest BCUT2D eigenvalue weighted by atomic mass is 16.5. The average molecular weight is 401 g/mol. The van der Waals surface area contributed by atoms with Gasteiger partial charge < -0.3 is 9.47 Å². The first kappa shape index (κ1) is 25.6. The normalized spacial score (nSPS) is 10.8. The van der Waals surface area contributed by atoms with Crippen LogP contribution >= 0.6 is 0 Å². The lowest BCUT2D eigenvalue weighted by Crippen LogP contribution is -1.96. The predicted molar refractivity (Wildman–Crippen MR) is 125 cm³/mol. The van der Waals surface area contributed by atoms with Crippen molar-refractivity contribution in [2.24, 2.45) is 0 Å². The van der Waals surface area contributed by atoms with Gasteiger partial charge in [0.2, 0.25) is 0 Å². The maximum atomic E-state index is 5.77. The first-order valence-corrected chi connectivity index (χ1v) is 12.0. The molecule has 0 amide bonds. The third-order valence-electron chi connectivity index (χ3n) is 5.54. The van der Waals surface area contributed by atoms with E-state index in [-0.39, 0.29) is 0 Å². The van der Waals surface area contributed by atoms with E-state index in [1.54, 1.807) is 7.11 Å². The van der Waals surface area contributed by atoms with Crippen LogP contribution in [-0.4, -0.2) is 13.7 Å². The average Bonchev–Trinajstić information content (AvgIpc) is 2.75. The lowest BCUT2D eigenvalue weighted by atomic mass is 10.0. The van der Waals surface area contributed by atoms with E-state index in [0.717, 1.165) is 18.8 Å². The third kappa shape index (κ3) is 16.1. The van der Waals surface area contributed by atoms with Gasteiger partial charge in [-0.3, -0.25) is 0 Å². The van der Waals surface area contributed by atoms with Crippen molar-refractivity contribution in [1.29, 1.82) is 0 Å². The molecule has 0 fully saturated rings. The predicted octanol–water partition coefficient (Wildman–Crippen LogP) is 8.09. The summed E-state index contributed by atoms with van der Waals surface area (Å²) in [5.41, 5.74) is 1.21. The first-order valence-electron chi connectivity index (χ1n) is 12.0. The van der Waals surface area contributed by atoms with Crippen LogP contribution in [0.2, 0.25) is 0 Å². The van der Waals surface area contributed by atoms with E-state index in [1.807, 2.05) is 12.1 Å². The Labute approximate surface area is 180 Å². The first-order chi connectivity index (χ1) is 14.4. The summed E-state index contributed by atoms with van der Waals surface area (Å²) in [6.07, 6.45) is 26.7. The fourth-order valence-electron chi connectivity index (χ4n) is 3.64. The van der Waals surface area contributed by atoms with Gasteiger partial charge in [-0.25, -0.2) is 0 Å². The summed E-state index contributed by atoms with van der Waals surface area (Å²) < 4.78 is 10.9. The minimum Gasteiger partial charge on any atom is -0.497 e. The summed E-state index contributed by atoms with van der Waals surface area (Å²) in [4.78, 5) is 0. The van der Waals surface area contributed by atoms with Crippen LogP contribution in [0.25, 0.3) is 0 Å². The van der Waals surface area contributed by atoms with Gasteiger partial charge in [0.05, 0.1) is 13.7 Å². The lowest BCUT2D eigenvalue weighted by molar-refractivity contribution is 0.116. The number of hydrogen-bond donors (Lipinski definition) is 0. The highest BCUT2D eigenvalue weighted by molar-refractivity contribution is 5.26. The van der Waals surface area contributed by atoms with Crippen molar-refractivity contribution in [3.63, 3.8) is 0 Å². The van der Waals surface area contributed by atoms with Crippen molar-refractivity contribution in [3.8, 4) is 18.1 Å². The minimum absolute atomic E-state index is 0.704. The van der Waals surface area contributed by atoms with Crippen LogP contribution in [0.4, 0.5) is 0 Å². The van der Waals surface area contributed by atoms with Gasteiger partial charge in [0, 0.05) is 13.0 Å².